The Bertz CT molecular complexity index is 1440. The van der Waals surface area contributed by atoms with Crippen molar-refractivity contribution >= 4 is 87.8 Å². The molecular formula is C31H53N10O13SSe. The number of nitrogens with one attached hydrogen (secondary N) is 7. The zero-order chi connectivity index (χ0) is 43.4. The number of carbonyl (C=O) groups is 10. The molecule has 23 nitrogen and oxygen atoms in total. The number of primary amides is 2. The second kappa shape index (κ2) is 25.6. The van der Waals surface area contributed by atoms with Crippen LogP contribution in [0.1, 0.15) is 53.4 Å². The van der Waals surface area contributed by atoms with Gasteiger partial charge in [-0.3, -0.25) is 9.59 Å². The molecule has 0 spiro atoms. The summed E-state index contributed by atoms with van der Waals surface area (Å²) in [5.41, 5.74) is 16.0. The number of carboxylic acid groups (broad SMARTS) is 1. The SMILES string of the molecule is CC(C)C[C@H](N)C(=O)N[C@H](C(=O)NCC(=O)N[C@H](C(=O)N[C@@H](C[Se])C(=O)N[C@@H](CS)C(=O)N[C@@H](CCC(N)=O)C(=O)N[C@@H](CC(N)=O)C(=O)O)[C@@H](C)O)[C@@H](C)O. The van der Waals surface area contributed by atoms with Crippen LogP contribution in [0.4, 0.5) is 0 Å². The Kier molecular flexibility index (Phi) is 23.5. The average Bonchev–Trinajstić information content (AvgIpc) is 3.09. The first-order valence-corrected chi connectivity index (χ1v) is 19.0. The molecule has 0 unspecified atom stereocenters. The van der Waals surface area contributed by atoms with Crippen LogP contribution in [0.2, 0.25) is 5.32 Å². The van der Waals surface area contributed by atoms with E-state index in [0.29, 0.717) is 6.42 Å². The fraction of sp³-hybridized carbons (Fsp3) is 0.677. The Balaban J connectivity index is 5.65. The van der Waals surface area contributed by atoms with E-state index < -0.39 is 139 Å². The zero-order valence-corrected chi connectivity index (χ0v) is 33.8. The van der Waals surface area contributed by atoms with Crippen molar-refractivity contribution in [1.82, 2.24) is 37.2 Å². The number of aliphatic carboxylic acids is 1. The van der Waals surface area contributed by atoms with Gasteiger partial charge in [0.1, 0.15) is 0 Å². The molecule has 317 valence electrons. The number of carbonyl (C=O) groups excluding carboxylic acids is 9. The molecular weight excluding hydrogens is 831 g/mol. The predicted molar refractivity (Wildman–Crippen MR) is 200 cm³/mol. The molecule has 0 heterocycles. The fourth-order valence-corrected chi connectivity index (χ4v) is 5.35. The van der Waals surface area contributed by atoms with Gasteiger partial charge in [-0.2, -0.15) is 0 Å². The number of aliphatic hydroxyl groups excluding tert-OH is 2. The average molecular weight is 885 g/mol. The van der Waals surface area contributed by atoms with Crippen molar-refractivity contribution in [3.63, 3.8) is 0 Å². The van der Waals surface area contributed by atoms with Crippen LogP contribution in [0.3, 0.4) is 0 Å². The third kappa shape index (κ3) is 19.4. The van der Waals surface area contributed by atoms with Gasteiger partial charge in [0.2, 0.25) is 11.8 Å². The standard InChI is InChI=1S/C31H53N10O13SSe/c1-12(2)7-15(32)25(47)41-23(13(3)42)29(51)35-9-22(46)40-24(14(4)43)30(52)39-19(11-56)28(50)38-18(10-55)27(49)36-16(5-6-20(33)44)26(48)37-17(31(53)54)8-21(34)45/h12-19,23-24,42-43,55H,5-11,32H2,1-4H3,(H2,33,44)(H2,34,45)(H,35,51)(H,36,49)(H,37,48)(H,38,50)(H,39,52)(H,40,46)(H,41,47)(H,53,54)/t13-,14-,15+,16+,17+,18+,19+,23+,24+/m1/s1. The first kappa shape index (κ1) is 51.4. The summed E-state index contributed by atoms with van der Waals surface area (Å²) < 4.78 is 0. The maximum atomic E-state index is 13.2. The summed E-state index contributed by atoms with van der Waals surface area (Å²) >= 11 is 6.57. The van der Waals surface area contributed by atoms with E-state index in [1.54, 1.807) is 0 Å². The normalized spacial score (nSPS) is 15.8. The first-order chi connectivity index (χ1) is 25.9. The Hall–Kier alpha value is -4.55. The molecule has 0 aliphatic heterocycles. The smallest absolute Gasteiger partial charge is 0.391 e. The molecule has 0 aliphatic carbocycles. The molecule has 25 heteroatoms. The van der Waals surface area contributed by atoms with Gasteiger partial charge in [-0.25, -0.2) is 4.79 Å². The summed E-state index contributed by atoms with van der Waals surface area (Å²) in [6, 6.07) is -10.4. The number of amides is 9. The summed E-state index contributed by atoms with van der Waals surface area (Å²) in [6.07, 6.45) is -4.27. The Morgan fingerprint density at radius 2 is 1.12 bits per heavy atom. The Morgan fingerprint density at radius 1 is 0.643 bits per heavy atom. The van der Waals surface area contributed by atoms with Crippen molar-refractivity contribution in [2.75, 3.05) is 12.3 Å². The second-order valence-corrected chi connectivity index (χ2v) is 14.1. The van der Waals surface area contributed by atoms with Crippen molar-refractivity contribution in [3.05, 3.63) is 0 Å². The van der Waals surface area contributed by atoms with Crippen molar-refractivity contribution in [3.8, 4) is 0 Å². The summed E-state index contributed by atoms with van der Waals surface area (Å²) in [5, 5.41) is 45.0. The van der Waals surface area contributed by atoms with Gasteiger partial charge >= 0.3 is 250 Å². The molecule has 0 aromatic heterocycles. The number of hydrogen-bond donors (Lipinski definition) is 14. The van der Waals surface area contributed by atoms with Gasteiger partial charge in [0.25, 0.3) is 0 Å². The van der Waals surface area contributed by atoms with Crippen LogP contribution in [-0.2, 0) is 47.9 Å². The monoisotopic (exact) mass is 885 g/mol. The van der Waals surface area contributed by atoms with Crippen molar-refractivity contribution in [1.29, 1.82) is 0 Å². The topological polar surface area (TPSA) is 394 Å². The summed E-state index contributed by atoms with van der Waals surface area (Å²) in [6.45, 7) is 5.28. The Labute approximate surface area is 336 Å². The van der Waals surface area contributed by atoms with Crippen LogP contribution in [0.25, 0.3) is 0 Å². The second-order valence-electron chi connectivity index (χ2n) is 13.1. The number of carboxylic acids is 1. The van der Waals surface area contributed by atoms with Gasteiger partial charge < -0.3 is 21.7 Å². The molecule has 0 saturated heterocycles. The van der Waals surface area contributed by atoms with E-state index in [-0.39, 0.29) is 17.0 Å². The summed E-state index contributed by atoms with van der Waals surface area (Å²) in [7, 11) is 0. The molecule has 0 rings (SSSR count). The first-order valence-electron chi connectivity index (χ1n) is 17.1. The van der Waals surface area contributed by atoms with Crippen LogP contribution in [-0.4, -0.2) is 157 Å². The van der Waals surface area contributed by atoms with E-state index in [2.05, 4.69) is 60.5 Å². The van der Waals surface area contributed by atoms with Crippen molar-refractivity contribution in [2.24, 2.45) is 23.1 Å². The number of aliphatic hydroxyl groups is 2. The Morgan fingerprint density at radius 3 is 1.59 bits per heavy atom. The van der Waals surface area contributed by atoms with Gasteiger partial charge in [0, 0.05) is 0 Å². The minimum Gasteiger partial charge on any atom is -0.391 e. The molecule has 9 amide bonds. The minimum atomic E-state index is -1.77. The number of hydrogen-bond acceptors (Lipinski definition) is 14. The molecule has 16 N–H and O–H groups in total. The van der Waals surface area contributed by atoms with Crippen LogP contribution in [0.5, 0.6) is 0 Å². The van der Waals surface area contributed by atoms with Crippen LogP contribution in [0, 0.1) is 5.92 Å². The summed E-state index contributed by atoms with van der Waals surface area (Å²) in [5.74, 6) is -10.7. The van der Waals surface area contributed by atoms with Gasteiger partial charge in [-0.05, 0) is 19.3 Å². The van der Waals surface area contributed by atoms with E-state index in [1.807, 2.05) is 19.2 Å². The quantitative estimate of drug-likeness (QED) is 0.0284. The van der Waals surface area contributed by atoms with E-state index in [4.69, 9.17) is 17.2 Å². The molecule has 0 fully saturated rings. The molecule has 0 aliphatic rings. The summed E-state index contributed by atoms with van der Waals surface area (Å²) in [4.78, 5) is 124. The number of thiol groups is 1. The van der Waals surface area contributed by atoms with Crippen molar-refractivity contribution in [2.45, 2.75) is 113 Å². The minimum absolute atomic E-state index is 0.0657. The van der Waals surface area contributed by atoms with Crippen LogP contribution >= 0.6 is 12.6 Å². The predicted octanol–water partition coefficient (Wildman–Crippen LogP) is -7.11. The van der Waals surface area contributed by atoms with Gasteiger partial charge in [-0.1, -0.05) is 13.8 Å². The van der Waals surface area contributed by atoms with Crippen LogP contribution < -0.4 is 54.4 Å². The van der Waals surface area contributed by atoms with E-state index in [9.17, 15) is 63.3 Å². The van der Waals surface area contributed by atoms with E-state index in [0.717, 1.165) is 6.92 Å². The van der Waals surface area contributed by atoms with Crippen molar-refractivity contribution < 1.29 is 63.3 Å². The third-order valence-corrected chi connectivity index (χ3v) is 8.64. The van der Waals surface area contributed by atoms with E-state index in [1.165, 1.54) is 6.92 Å². The molecule has 56 heavy (non-hydrogen) atoms. The van der Waals surface area contributed by atoms with E-state index >= 15 is 0 Å². The molecule has 0 aromatic rings. The zero-order valence-electron chi connectivity index (χ0n) is 31.2. The van der Waals surface area contributed by atoms with Gasteiger partial charge in [-0.15, -0.1) is 0 Å². The number of rotatable bonds is 26. The molecule has 0 saturated carbocycles. The van der Waals surface area contributed by atoms with Gasteiger partial charge in [0.05, 0.1) is 6.04 Å². The third-order valence-electron chi connectivity index (χ3n) is 7.58. The molecule has 0 bridgehead atoms. The number of nitrogens with two attached hydrogens (primary N) is 3. The molecule has 1 radical (unpaired) electrons. The molecule has 9 atom stereocenters. The fourth-order valence-electron chi connectivity index (χ4n) is 4.60. The maximum absolute atomic E-state index is 13.2. The van der Waals surface area contributed by atoms with Crippen LogP contribution in [0.15, 0.2) is 0 Å². The molecule has 0 aromatic carbocycles. The van der Waals surface area contributed by atoms with Gasteiger partial charge in [0.15, 0.2) is 0 Å².